The van der Waals surface area contributed by atoms with Crippen LogP contribution in [0.5, 0.6) is 0 Å². The number of imidazole rings is 1. The predicted octanol–water partition coefficient (Wildman–Crippen LogP) is 1.77. The highest BCUT2D eigenvalue weighted by atomic mass is 16.5. The Morgan fingerprint density at radius 1 is 1.58 bits per heavy atom. The first-order valence-corrected chi connectivity index (χ1v) is 6.25. The van der Waals surface area contributed by atoms with E-state index in [0.717, 1.165) is 18.7 Å². The maximum atomic E-state index is 10.9. The number of aromatic nitrogens is 3. The van der Waals surface area contributed by atoms with Crippen molar-refractivity contribution in [2.24, 2.45) is 0 Å². The number of nitrogens with one attached hydrogen (secondary N) is 1. The fourth-order valence-corrected chi connectivity index (χ4v) is 2.48. The van der Waals surface area contributed by atoms with E-state index in [0.29, 0.717) is 17.6 Å². The van der Waals surface area contributed by atoms with Crippen LogP contribution in [0.25, 0.3) is 11.2 Å². The van der Waals surface area contributed by atoms with Crippen LogP contribution in [0, 0.1) is 0 Å². The molecule has 0 aromatic carbocycles. The summed E-state index contributed by atoms with van der Waals surface area (Å²) in [6.45, 7) is 0. The maximum absolute atomic E-state index is 10.9. The molecule has 6 heteroatoms. The number of carboxylic acid groups (broad SMARTS) is 1. The van der Waals surface area contributed by atoms with Crippen molar-refractivity contribution in [1.29, 1.82) is 0 Å². The third kappa shape index (κ3) is 2.08. The number of rotatable bonds is 4. The Labute approximate surface area is 109 Å². The average molecular weight is 261 g/mol. The van der Waals surface area contributed by atoms with Crippen LogP contribution < -0.4 is 0 Å². The van der Waals surface area contributed by atoms with Gasteiger partial charge in [0.2, 0.25) is 0 Å². The van der Waals surface area contributed by atoms with E-state index in [2.05, 4.69) is 15.0 Å². The van der Waals surface area contributed by atoms with E-state index in [4.69, 9.17) is 9.84 Å². The van der Waals surface area contributed by atoms with E-state index in [1.54, 1.807) is 13.2 Å². The molecule has 1 fully saturated rings. The van der Waals surface area contributed by atoms with Crippen molar-refractivity contribution in [3.63, 3.8) is 0 Å². The summed E-state index contributed by atoms with van der Waals surface area (Å²) >= 11 is 0. The molecule has 19 heavy (non-hydrogen) atoms. The number of nitrogens with zero attached hydrogens (tertiary/aromatic N) is 2. The highest BCUT2D eigenvalue weighted by Gasteiger charge is 2.38. The summed E-state index contributed by atoms with van der Waals surface area (Å²) in [6, 6.07) is 1.56. The molecule has 100 valence electrons. The zero-order chi connectivity index (χ0) is 13.5. The molecular formula is C13H15N3O3. The van der Waals surface area contributed by atoms with Gasteiger partial charge in [-0.05, 0) is 25.3 Å². The molecule has 0 atom stereocenters. The number of carbonyl (C=O) groups is 1. The largest absolute Gasteiger partial charge is 0.478 e. The number of ether oxygens (including phenoxy) is 1. The molecule has 2 heterocycles. The van der Waals surface area contributed by atoms with Gasteiger partial charge in [-0.3, -0.25) is 0 Å². The fourth-order valence-electron chi connectivity index (χ4n) is 2.48. The number of carboxylic acids is 1. The van der Waals surface area contributed by atoms with Crippen LogP contribution in [-0.2, 0) is 11.2 Å². The average Bonchev–Trinajstić information content (AvgIpc) is 2.74. The molecule has 1 saturated carbocycles. The molecule has 1 aliphatic carbocycles. The van der Waals surface area contributed by atoms with Gasteiger partial charge in [-0.2, -0.15) is 0 Å². The van der Waals surface area contributed by atoms with E-state index >= 15 is 0 Å². The van der Waals surface area contributed by atoms with Crippen LogP contribution in [-0.4, -0.2) is 38.7 Å². The third-order valence-electron chi connectivity index (χ3n) is 3.82. The fraction of sp³-hybridized carbons (Fsp3) is 0.462. The smallest absolute Gasteiger partial charge is 0.337 e. The number of aromatic carboxylic acids is 1. The highest BCUT2D eigenvalue weighted by Crippen LogP contribution is 2.37. The molecule has 0 spiro atoms. The summed E-state index contributed by atoms with van der Waals surface area (Å²) in [5.41, 5.74) is 1.25. The normalized spacial score (nSPS) is 17.3. The van der Waals surface area contributed by atoms with Gasteiger partial charge < -0.3 is 14.8 Å². The number of hydrogen-bond donors (Lipinski definition) is 2. The van der Waals surface area contributed by atoms with E-state index in [1.807, 2.05) is 0 Å². The minimum Gasteiger partial charge on any atom is -0.478 e. The van der Waals surface area contributed by atoms with E-state index in [-0.39, 0.29) is 11.2 Å². The minimum atomic E-state index is -0.988. The van der Waals surface area contributed by atoms with Crippen molar-refractivity contribution in [2.75, 3.05) is 7.11 Å². The Balaban J connectivity index is 1.91. The first kappa shape index (κ1) is 12.1. The van der Waals surface area contributed by atoms with Crippen LogP contribution in [0.1, 0.15) is 35.4 Å². The van der Waals surface area contributed by atoms with Gasteiger partial charge in [0.1, 0.15) is 5.82 Å². The zero-order valence-electron chi connectivity index (χ0n) is 10.6. The summed E-state index contributed by atoms with van der Waals surface area (Å²) in [5.74, 6) is -0.190. The lowest BCUT2D eigenvalue weighted by Gasteiger charge is -2.39. The Morgan fingerprint density at radius 3 is 2.95 bits per heavy atom. The lowest BCUT2D eigenvalue weighted by atomic mass is 9.77. The zero-order valence-corrected chi connectivity index (χ0v) is 10.6. The van der Waals surface area contributed by atoms with Crippen molar-refractivity contribution < 1.29 is 14.6 Å². The van der Waals surface area contributed by atoms with Crippen LogP contribution >= 0.6 is 0 Å². The Bertz CT molecular complexity index is 626. The summed E-state index contributed by atoms with van der Waals surface area (Å²) < 4.78 is 5.56. The summed E-state index contributed by atoms with van der Waals surface area (Å²) in [5, 5.41) is 8.93. The van der Waals surface area contributed by atoms with Crippen molar-refractivity contribution in [1.82, 2.24) is 15.0 Å². The minimum absolute atomic E-state index is 0.108. The van der Waals surface area contributed by atoms with Gasteiger partial charge in [0.05, 0.1) is 16.7 Å². The SMILES string of the molecule is COC1(Cc2nc3ncc(C(=O)O)cc3[nH]2)CCC1. The number of hydrogen-bond acceptors (Lipinski definition) is 4. The second kappa shape index (κ2) is 4.31. The molecule has 3 rings (SSSR count). The molecule has 0 aliphatic heterocycles. The topological polar surface area (TPSA) is 88.1 Å². The molecule has 0 radical (unpaired) electrons. The highest BCUT2D eigenvalue weighted by molar-refractivity contribution is 5.90. The molecule has 1 aliphatic rings. The van der Waals surface area contributed by atoms with Gasteiger partial charge in [-0.25, -0.2) is 14.8 Å². The van der Waals surface area contributed by atoms with E-state index < -0.39 is 5.97 Å². The second-order valence-corrected chi connectivity index (χ2v) is 5.00. The van der Waals surface area contributed by atoms with Crippen LogP contribution in [0.3, 0.4) is 0 Å². The maximum Gasteiger partial charge on any atom is 0.337 e. The van der Waals surface area contributed by atoms with Crippen molar-refractivity contribution in [3.8, 4) is 0 Å². The molecule has 2 aromatic rings. The molecule has 0 unspecified atom stereocenters. The Hall–Kier alpha value is -1.95. The number of H-pyrrole nitrogens is 1. The Morgan fingerprint density at radius 2 is 2.37 bits per heavy atom. The molecule has 0 bridgehead atoms. The summed E-state index contributed by atoms with van der Waals surface area (Å²) in [6.07, 6.45) is 5.28. The van der Waals surface area contributed by atoms with Gasteiger partial charge >= 0.3 is 5.97 Å². The van der Waals surface area contributed by atoms with Gasteiger partial charge in [0.25, 0.3) is 0 Å². The number of methoxy groups -OCH3 is 1. The van der Waals surface area contributed by atoms with Gasteiger partial charge in [-0.1, -0.05) is 0 Å². The monoisotopic (exact) mass is 261 g/mol. The Kier molecular flexibility index (Phi) is 2.74. The number of aromatic amines is 1. The van der Waals surface area contributed by atoms with Crippen molar-refractivity contribution in [3.05, 3.63) is 23.7 Å². The van der Waals surface area contributed by atoms with Crippen LogP contribution in [0.4, 0.5) is 0 Å². The second-order valence-electron chi connectivity index (χ2n) is 5.00. The van der Waals surface area contributed by atoms with Crippen LogP contribution in [0.2, 0.25) is 0 Å². The summed E-state index contributed by atoms with van der Waals surface area (Å²) in [4.78, 5) is 22.5. The van der Waals surface area contributed by atoms with Gasteiger partial charge in [-0.15, -0.1) is 0 Å². The van der Waals surface area contributed by atoms with Crippen molar-refractivity contribution >= 4 is 17.1 Å². The predicted molar refractivity (Wildman–Crippen MR) is 68.1 cm³/mol. The van der Waals surface area contributed by atoms with E-state index in [9.17, 15) is 4.79 Å². The third-order valence-corrected chi connectivity index (χ3v) is 3.82. The first-order chi connectivity index (χ1) is 9.12. The number of pyridine rings is 1. The molecule has 2 N–H and O–H groups in total. The van der Waals surface area contributed by atoms with E-state index in [1.165, 1.54) is 12.6 Å². The lowest BCUT2D eigenvalue weighted by Crippen LogP contribution is -2.41. The first-order valence-electron chi connectivity index (χ1n) is 6.25. The lowest BCUT2D eigenvalue weighted by molar-refractivity contribution is -0.0719. The molecule has 0 saturated heterocycles. The van der Waals surface area contributed by atoms with Gasteiger partial charge in [0, 0.05) is 19.7 Å². The standard InChI is InChI=1S/C13H15N3O3/c1-19-13(3-2-4-13)6-10-15-9-5-8(12(17)18)7-14-11(9)16-10/h5,7H,2-4,6H2,1H3,(H,17,18)(H,14,15,16). The summed E-state index contributed by atoms with van der Waals surface area (Å²) in [7, 11) is 1.72. The molecule has 6 nitrogen and oxygen atoms in total. The molecule has 2 aromatic heterocycles. The molecule has 0 amide bonds. The molecular weight excluding hydrogens is 246 g/mol. The van der Waals surface area contributed by atoms with Gasteiger partial charge in [0.15, 0.2) is 5.65 Å². The quantitative estimate of drug-likeness (QED) is 0.875. The number of fused-ring (bicyclic) bond motifs is 1. The van der Waals surface area contributed by atoms with Crippen LogP contribution in [0.15, 0.2) is 12.3 Å². The van der Waals surface area contributed by atoms with Crippen molar-refractivity contribution in [2.45, 2.75) is 31.3 Å².